The molecule has 1 aromatic rings. The van der Waals surface area contributed by atoms with E-state index in [9.17, 15) is 0 Å². The van der Waals surface area contributed by atoms with Crippen molar-refractivity contribution in [2.45, 2.75) is 45.1 Å². The third kappa shape index (κ3) is 2.94. The third-order valence-corrected chi connectivity index (χ3v) is 3.51. The zero-order chi connectivity index (χ0) is 12.1. The fraction of sp³-hybridized carbons (Fsp3) is 0.692. The SMILES string of the molecule is CCc1cc(N2CCCCCC2CN)ncn1. The highest BCUT2D eigenvalue weighted by Gasteiger charge is 2.21. The molecule has 0 aliphatic carbocycles. The Morgan fingerprint density at radius 2 is 2.24 bits per heavy atom. The second kappa shape index (κ2) is 5.96. The maximum atomic E-state index is 5.89. The van der Waals surface area contributed by atoms with E-state index in [1.807, 2.05) is 0 Å². The summed E-state index contributed by atoms with van der Waals surface area (Å²) < 4.78 is 0. The number of rotatable bonds is 3. The Bertz CT molecular complexity index is 353. The van der Waals surface area contributed by atoms with Crippen molar-refractivity contribution in [3.8, 4) is 0 Å². The van der Waals surface area contributed by atoms with E-state index in [0.29, 0.717) is 12.6 Å². The highest BCUT2D eigenvalue weighted by Crippen LogP contribution is 2.22. The van der Waals surface area contributed by atoms with Crippen molar-refractivity contribution in [1.82, 2.24) is 9.97 Å². The summed E-state index contributed by atoms with van der Waals surface area (Å²) in [5.41, 5.74) is 6.99. The van der Waals surface area contributed by atoms with E-state index in [0.717, 1.165) is 24.5 Å². The summed E-state index contributed by atoms with van der Waals surface area (Å²) in [5.74, 6) is 1.05. The Balaban J connectivity index is 2.21. The second-order valence-corrected chi connectivity index (χ2v) is 4.65. The molecule has 2 heterocycles. The summed E-state index contributed by atoms with van der Waals surface area (Å²) in [6.07, 6.45) is 7.63. The van der Waals surface area contributed by atoms with E-state index in [1.165, 1.54) is 25.7 Å². The van der Waals surface area contributed by atoms with Crippen LogP contribution in [0.2, 0.25) is 0 Å². The molecule has 4 heteroatoms. The molecule has 0 radical (unpaired) electrons. The van der Waals surface area contributed by atoms with E-state index in [1.54, 1.807) is 6.33 Å². The molecule has 0 spiro atoms. The van der Waals surface area contributed by atoms with Gasteiger partial charge in [-0.1, -0.05) is 19.8 Å². The van der Waals surface area contributed by atoms with E-state index < -0.39 is 0 Å². The minimum atomic E-state index is 0.442. The van der Waals surface area contributed by atoms with Crippen LogP contribution in [0.5, 0.6) is 0 Å². The average Bonchev–Trinajstić information content (AvgIpc) is 2.63. The Hall–Kier alpha value is -1.16. The summed E-state index contributed by atoms with van der Waals surface area (Å²) in [4.78, 5) is 11.0. The molecule has 1 aliphatic rings. The summed E-state index contributed by atoms with van der Waals surface area (Å²) >= 11 is 0. The molecule has 0 amide bonds. The van der Waals surface area contributed by atoms with Gasteiger partial charge in [0.1, 0.15) is 12.1 Å². The largest absolute Gasteiger partial charge is 0.352 e. The van der Waals surface area contributed by atoms with Crippen LogP contribution < -0.4 is 10.6 Å². The third-order valence-electron chi connectivity index (χ3n) is 3.51. The van der Waals surface area contributed by atoms with Crippen molar-refractivity contribution in [2.75, 3.05) is 18.0 Å². The molecule has 1 atom stereocenters. The molecule has 0 aromatic carbocycles. The molecule has 1 aliphatic heterocycles. The maximum Gasteiger partial charge on any atom is 0.132 e. The zero-order valence-electron chi connectivity index (χ0n) is 10.6. The van der Waals surface area contributed by atoms with Gasteiger partial charge in [0.05, 0.1) is 0 Å². The number of hydrogen-bond acceptors (Lipinski definition) is 4. The van der Waals surface area contributed by atoms with Crippen LogP contribution >= 0.6 is 0 Å². The molecule has 0 bridgehead atoms. The average molecular weight is 234 g/mol. The van der Waals surface area contributed by atoms with Crippen LogP contribution in [0.25, 0.3) is 0 Å². The van der Waals surface area contributed by atoms with Crippen molar-refractivity contribution in [3.05, 3.63) is 18.1 Å². The van der Waals surface area contributed by atoms with Crippen molar-refractivity contribution < 1.29 is 0 Å². The van der Waals surface area contributed by atoms with Crippen LogP contribution in [0.4, 0.5) is 5.82 Å². The molecule has 17 heavy (non-hydrogen) atoms. The van der Waals surface area contributed by atoms with E-state index >= 15 is 0 Å². The lowest BCUT2D eigenvalue weighted by Gasteiger charge is -2.30. The lowest BCUT2D eigenvalue weighted by molar-refractivity contribution is 0.575. The first-order valence-corrected chi connectivity index (χ1v) is 6.62. The predicted octanol–water partition coefficient (Wildman–Crippen LogP) is 1.75. The second-order valence-electron chi connectivity index (χ2n) is 4.65. The lowest BCUT2D eigenvalue weighted by atomic mass is 10.1. The predicted molar refractivity (Wildman–Crippen MR) is 70.1 cm³/mol. The molecule has 1 aromatic heterocycles. The molecule has 2 rings (SSSR count). The Morgan fingerprint density at radius 1 is 1.35 bits per heavy atom. The fourth-order valence-electron chi connectivity index (χ4n) is 2.46. The van der Waals surface area contributed by atoms with Crippen molar-refractivity contribution in [1.29, 1.82) is 0 Å². The Morgan fingerprint density at radius 3 is 3.00 bits per heavy atom. The highest BCUT2D eigenvalue weighted by atomic mass is 15.2. The van der Waals surface area contributed by atoms with Gasteiger partial charge in [-0.25, -0.2) is 9.97 Å². The molecule has 1 unspecified atom stereocenters. The van der Waals surface area contributed by atoms with Crippen LogP contribution in [0.15, 0.2) is 12.4 Å². The first-order valence-electron chi connectivity index (χ1n) is 6.62. The van der Waals surface area contributed by atoms with Gasteiger partial charge in [-0.05, 0) is 19.3 Å². The van der Waals surface area contributed by atoms with Gasteiger partial charge in [0, 0.05) is 30.9 Å². The molecule has 94 valence electrons. The minimum Gasteiger partial charge on any atom is -0.352 e. The lowest BCUT2D eigenvalue weighted by Crippen LogP contribution is -2.40. The van der Waals surface area contributed by atoms with Crippen LogP contribution in [0, 0.1) is 0 Å². The molecule has 1 fully saturated rings. The van der Waals surface area contributed by atoms with Gasteiger partial charge in [0.25, 0.3) is 0 Å². The zero-order valence-corrected chi connectivity index (χ0v) is 10.6. The van der Waals surface area contributed by atoms with Gasteiger partial charge < -0.3 is 10.6 Å². The van der Waals surface area contributed by atoms with Gasteiger partial charge in [0.2, 0.25) is 0 Å². The Labute approximate surface area is 103 Å². The molecule has 2 N–H and O–H groups in total. The van der Waals surface area contributed by atoms with Crippen molar-refractivity contribution in [3.63, 3.8) is 0 Å². The number of hydrogen-bond donors (Lipinski definition) is 1. The van der Waals surface area contributed by atoms with Crippen LogP contribution in [0.1, 0.15) is 38.3 Å². The number of nitrogens with zero attached hydrogens (tertiary/aromatic N) is 3. The number of anilines is 1. The van der Waals surface area contributed by atoms with Crippen molar-refractivity contribution >= 4 is 5.82 Å². The maximum absolute atomic E-state index is 5.89. The standard InChI is InChI=1S/C13H22N4/c1-2-11-8-13(16-10-15-11)17-7-5-3-4-6-12(17)9-14/h8,10,12H,2-7,9,14H2,1H3. The van der Waals surface area contributed by atoms with Crippen LogP contribution in [-0.2, 0) is 6.42 Å². The normalized spacial score (nSPS) is 21.3. The summed E-state index contributed by atoms with van der Waals surface area (Å²) in [6, 6.07) is 2.55. The highest BCUT2D eigenvalue weighted by molar-refractivity contribution is 5.40. The summed E-state index contributed by atoms with van der Waals surface area (Å²) in [5, 5.41) is 0. The number of nitrogens with two attached hydrogens (primary N) is 1. The monoisotopic (exact) mass is 234 g/mol. The van der Waals surface area contributed by atoms with Gasteiger partial charge in [-0.3, -0.25) is 0 Å². The molecule has 1 saturated heterocycles. The topological polar surface area (TPSA) is 55.0 Å². The van der Waals surface area contributed by atoms with Gasteiger partial charge in [-0.2, -0.15) is 0 Å². The molecular formula is C13H22N4. The van der Waals surface area contributed by atoms with Crippen molar-refractivity contribution in [2.24, 2.45) is 5.73 Å². The first kappa shape index (κ1) is 12.3. The molecule has 4 nitrogen and oxygen atoms in total. The quantitative estimate of drug-likeness (QED) is 0.865. The van der Waals surface area contributed by atoms with E-state index in [-0.39, 0.29) is 0 Å². The van der Waals surface area contributed by atoms with E-state index in [2.05, 4.69) is 27.9 Å². The van der Waals surface area contributed by atoms with E-state index in [4.69, 9.17) is 5.73 Å². The smallest absolute Gasteiger partial charge is 0.132 e. The van der Waals surface area contributed by atoms with Gasteiger partial charge >= 0.3 is 0 Å². The molecular weight excluding hydrogens is 212 g/mol. The summed E-state index contributed by atoms with van der Waals surface area (Å²) in [7, 11) is 0. The van der Waals surface area contributed by atoms with Crippen LogP contribution in [-0.4, -0.2) is 29.1 Å². The number of aromatic nitrogens is 2. The first-order chi connectivity index (χ1) is 8.35. The van der Waals surface area contributed by atoms with Gasteiger partial charge in [0.15, 0.2) is 0 Å². The van der Waals surface area contributed by atoms with Gasteiger partial charge in [-0.15, -0.1) is 0 Å². The fourth-order valence-corrected chi connectivity index (χ4v) is 2.46. The molecule has 0 saturated carbocycles. The number of aryl methyl sites for hydroxylation is 1. The Kier molecular flexibility index (Phi) is 4.31. The van der Waals surface area contributed by atoms with Crippen LogP contribution in [0.3, 0.4) is 0 Å². The minimum absolute atomic E-state index is 0.442. The summed E-state index contributed by atoms with van der Waals surface area (Å²) in [6.45, 7) is 3.91.